The molecule has 3 atom stereocenters. The number of rotatable bonds is 3. The van der Waals surface area contributed by atoms with E-state index in [2.05, 4.69) is 10.3 Å². The fourth-order valence-electron chi connectivity index (χ4n) is 5.14. The Morgan fingerprint density at radius 1 is 1.27 bits per heavy atom. The number of amides is 1. The first-order chi connectivity index (χ1) is 15.5. The minimum absolute atomic E-state index is 0.0255. The van der Waals surface area contributed by atoms with Crippen LogP contribution in [-0.4, -0.2) is 53.1 Å². The maximum atomic E-state index is 15.3. The summed E-state index contributed by atoms with van der Waals surface area (Å²) in [6.07, 6.45) is 1.04. The molecular weight excluding hydrogens is 431 g/mol. The second-order valence-corrected chi connectivity index (χ2v) is 10.3. The van der Waals surface area contributed by atoms with Gasteiger partial charge in [0.25, 0.3) is 5.56 Å². The van der Waals surface area contributed by atoms with Crippen molar-refractivity contribution in [2.24, 2.45) is 5.92 Å². The number of ether oxygens (including phenoxy) is 2. The number of aromatic nitrogens is 2. The first kappa shape index (κ1) is 21.9. The van der Waals surface area contributed by atoms with Crippen molar-refractivity contribution in [2.75, 3.05) is 24.6 Å². The van der Waals surface area contributed by atoms with Crippen molar-refractivity contribution >= 4 is 22.7 Å². The van der Waals surface area contributed by atoms with Gasteiger partial charge in [0.1, 0.15) is 11.4 Å². The number of nitrogens with one attached hydrogen (secondary N) is 2. The number of H-pyrrole nitrogens is 1. The number of fused-ring (bicyclic) bond motifs is 2. The van der Waals surface area contributed by atoms with Crippen LogP contribution in [0.15, 0.2) is 15.7 Å². The lowest BCUT2D eigenvalue weighted by atomic mass is 10.0. The van der Waals surface area contributed by atoms with E-state index in [4.69, 9.17) is 9.47 Å². The van der Waals surface area contributed by atoms with Gasteiger partial charge in [-0.1, -0.05) is 0 Å². The first-order valence-electron chi connectivity index (χ1n) is 11.4. The summed E-state index contributed by atoms with van der Waals surface area (Å²) in [6, 6.07) is 1.00. The number of halogens is 1. The van der Waals surface area contributed by atoms with Gasteiger partial charge in [0.2, 0.25) is 0 Å². The molecule has 1 aliphatic carbocycles. The zero-order valence-corrected chi connectivity index (χ0v) is 19.2. The molecule has 10 heteroatoms. The van der Waals surface area contributed by atoms with Crippen LogP contribution in [0.1, 0.15) is 45.2 Å². The van der Waals surface area contributed by atoms with Gasteiger partial charge < -0.3 is 19.7 Å². The molecule has 33 heavy (non-hydrogen) atoms. The Balaban J connectivity index is 1.46. The van der Waals surface area contributed by atoms with Gasteiger partial charge in [0.05, 0.1) is 35.3 Å². The first-order valence-corrected chi connectivity index (χ1v) is 11.4. The maximum Gasteiger partial charge on any atom is 0.407 e. The molecule has 178 valence electrons. The molecule has 1 aromatic carbocycles. The smallest absolute Gasteiger partial charge is 0.407 e. The number of hydrogen-bond donors (Lipinski definition) is 2. The van der Waals surface area contributed by atoms with Crippen LogP contribution in [-0.2, 0) is 9.47 Å². The van der Waals surface area contributed by atoms with Gasteiger partial charge in [-0.15, -0.1) is 0 Å². The van der Waals surface area contributed by atoms with Crippen LogP contribution in [0, 0.1) is 18.7 Å². The van der Waals surface area contributed by atoms with Crippen molar-refractivity contribution in [1.82, 2.24) is 14.9 Å². The average molecular weight is 461 g/mol. The standard InChI is InChI=1S/C23H29FN4O5/c1-11-18-13(20(29)26-21(30)28(18)12-5-6-12)7-15(24)19(11)27-8-14-16(10-32-17(14)9-27)25-22(31)33-23(2,3)4/h7,12,14,16-17H,5-6,8-10H2,1-4H3,(H,25,31)(H,26,29,30). The van der Waals surface area contributed by atoms with Crippen LogP contribution < -0.4 is 21.5 Å². The number of aromatic amines is 1. The Bertz CT molecular complexity index is 1240. The number of alkyl carbamates (subject to hydrolysis) is 1. The monoisotopic (exact) mass is 460 g/mol. The van der Waals surface area contributed by atoms with Crippen LogP contribution in [0.4, 0.5) is 14.9 Å². The molecule has 2 aliphatic heterocycles. The van der Waals surface area contributed by atoms with E-state index in [1.165, 1.54) is 6.07 Å². The zero-order chi connectivity index (χ0) is 23.7. The summed E-state index contributed by atoms with van der Waals surface area (Å²) in [7, 11) is 0. The third kappa shape index (κ3) is 3.90. The summed E-state index contributed by atoms with van der Waals surface area (Å²) in [6.45, 7) is 8.46. The normalized spacial score (nSPS) is 24.9. The molecule has 3 unspecified atom stereocenters. The second-order valence-electron chi connectivity index (χ2n) is 10.3. The van der Waals surface area contributed by atoms with Crippen LogP contribution >= 0.6 is 0 Å². The van der Waals surface area contributed by atoms with Crippen LogP contribution in [0.2, 0.25) is 0 Å². The van der Waals surface area contributed by atoms with Crippen molar-refractivity contribution in [2.45, 2.75) is 64.3 Å². The van der Waals surface area contributed by atoms with E-state index in [1.807, 2.05) is 4.90 Å². The van der Waals surface area contributed by atoms with E-state index < -0.39 is 28.8 Å². The molecule has 9 nitrogen and oxygen atoms in total. The largest absolute Gasteiger partial charge is 0.444 e. The quantitative estimate of drug-likeness (QED) is 0.728. The lowest BCUT2D eigenvalue weighted by Crippen LogP contribution is -2.44. The molecule has 3 fully saturated rings. The zero-order valence-electron chi connectivity index (χ0n) is 19.2. The number of hydrogen-bond acceptors (Lipinski definition) is 6. The molecule has 1 amide bonds. The summed E-state index contributed by atoms with van der Waals surface area (Å²) in [5, 5.41) is 3.07. The van der Waals surface area contributed by atoms with Gasteiger partial charge in [0.15, 0.2) is 0 Å². The molecule has 0 radical (unpaired) electrons. The van der Waals surface area contributed by atoms with Crippen LogP contribution in [0.5, 0.6) is 0 Å². The van der Waals surface area contributed by atoms with Crippen LogP contribution in [0.3, 0.4) is 0 Å². The summed E-state index contributed by atoms with van der Waals surface area (Å²) >= 11 is 0. The molecule has 5 rings (SSSR count). The number of anilines is 1. The number of nitrogens with zero attached hydrogens (tertiary/aromatic N) is 2. The predicted molar refractivity (Wildman–Crippen MR) is 120 cm³/mol. The van der Waals surface area contributed by atoms with Gasteiger partial charge in [-0.25, -0.2) is 14.0 Å². The molecule has 2 aromatic rings. The molecule has 3 aliphatic rings. The molecule has 0 spiro atoms. The van der Waals surface area contributed by atoms with Gasteiger partial charge in [-0.05, 0) is 46.6 Å². The molecule has 2 saturated heterocycles. The fraction of sp³-hybridized carbons (Fsp3) is 0.609. The molecule has 1 aromatic heterocycles. The Morgan fingerprint density at radius 2 is 2.00 bits per heavy atom. The highest BCUT2D eigenvalue weighted by molar-refractivity contribution is 5.87. The van der Waals surface area contributed by atoms with Crippen molar-refractivity contribution in [3.8, 4) is 0 Å². The Kier molecular flexibility index (Phi) is 5.04. The third-order valence-electron chi connectivity index (χ3n) is 6.63. The third-order valence-corrected chi connectivity index (χ3v) is 6.63. The fourth-order valence-corrected chi connectivity index (χ4v) is 5.14. The maximum absolute atomic E-state index is 15.3. The SMILES string of the molecule is Cc1c(N2CC3OCC(NC(=O)OC(C)(C)C)C3C2)c(F)cc2c(=O)[nH]c(=O)n(C3CC3)c12. The van der Waals surface area contributed by atoms with E-state index in [1.54, 1.807) is 32.3 Å². The molecule has 2 N–H and O–H groups in total. The number of carbonyl (C=O) groups excluding carboxylic acids is 1. The summed E-state index contributed by atoms with van der Waals surface area (Å²) in [5.41, 5.74) is -0.218. The van der Waals surface area contributed by atoms with E-state index in [-0.39, 0.29) is 29.5 Å². The van der Waals surface area contributed by atoms with Crippen LogP contribution in [0.25, 0.3) is 10.9 Å². The Morgan fingerprint density at radius 3 is 2.67 bits per heavy atom. The van der Waals surface area contributed by atoms with Crippen molar-refractivity contribution in [3.63, 3.8) is 0 Å². The van der Waals surface area contributed by atoms with Crippen molar-refractivity contribution < 1.29 is 18.7 Å². The van der Waals surface area contributed by atoms with Gasteiger partial charge in [-0.2, -0.15) is 0 Å². The van der Waals surface area contributed by atoms with Gasteiger partial charge in [-0.3, -0.25) is 14.3 Å². The summed E-state index contributed by atoms with van der Waals surface area (Å²) < 4.78 is 28.2. The van der Waals surface area contributed by atoms with E-state index >= 15 is 4.39 Å². The Labute approximate surface area is 189 Å². The predicted octanol–water partition coefficient (Wildman–Crippen LogP) is 2.20. The second kappa shape index (κ2) is 7.58. The van der Waals surface area contributed by atoms with Gasteiger partial charge in [0, 0.05) is 30.6 Å². The molecular formula is C23H29FN4O5. The highest BCUT2D eigenvalue weighted by Gasteiger charge is 2.46. The average Bonchev–Trinajstić information content (AvgIpc) is 3.34. The highest BCUT2D eigenvalue weighted by Crippen LogP contribution is 2.40. The van der Waals surface area contributed by atoms with E-state index in [0.29, 0.717) is 36.5 Å². The molecule has 3 heterocycles. The van der Waals surface area contributed by atoms with Gasteiger partial charge >= 0.3 is 11.8 Å². The summed E-state index contributed by atoms with van der Waals surface area (Å²) in [4.78, 5) is 41.4. The van der Waals surface area contributed by atoms with Crippen molar-refractivity contribution in [1.29, 1.82) is 0 Å². The topological polar surface area (TPSA) is 106 Å². The van der Waals surface area contributed by atoms with E-state index in [9.17, 15) is 14.4 Å². The van der Waals surface area contributed by atoms with Crippen molar-refractivity contribution in [3.05, 3.63) is 38.3 Å². The minimum atomic E-state index is -0.606. The Hall–Kier alpha value is -2.88. The molecule has 0 bridgehead atoms. The number of benzene rings is 1. The van der Waals surface area contributed by atoms with E-state index in [0.717, 1.165) is 12.8 Å². The minimum Gasteiger partial charge on any atom is -0.444 e. The molecule has 1 saturated carbocycles. The lowest BCUT2D eigenvalue weighted by molar-refractivity contribution is 0.0489. The lowest BCUT2D eigenvalue weighted by Gasteiger charge is -2.26. The highest BCUT2D eigenvalue weighted by atomic mass is 19.1. The summed E-state index contributed by atoms with van der Waals surface area (Å²) in [5.74, 6) is -0.542. The number of carbonyl (C=O) groups is 1. The number of aryl methyl sites for hydroxylation is 1.